The van der Waals surface area contributed by atoms with Gasteiger partial charge in [0, 0.05) is 17.8 Å². The third-order valence-corrected chi connectivity index (χ3v) is 7.52. The zero-order chi connectivity index (χ0) is 23.3. The molecule has 0 aliphatic rings. The van der Waals surface area contributed by atoms with Crippen molar-refractivity contribution in [3.05, 3.63) is 42.8 Å². The number of imidazole rings is 1. The number of nitrogens with zero attached hydrogens (tertiary/aromatic N) is 4. The number of methoxy groups -OCH3 is 2. The molecule has 0 aliphatic carbocycles. The van der Waals surface area contributed by atoms with Crippen molar-refractivity contribution in [1.82, 2.24) is 19.6 Å². The van der Waals surface area contributed by atoms with Crippen LogP contribution in [0.3, 0.4) is 0 Å². The molecule has 0 saturated carbocycles. The van der Waals surface area contributed by atoms with Crippen molar-refractivity contribution in [2.45, 2.75) is 30.4 Å². The van der Waals surface area contributed by atoms with Gasteiger partial charge in [0.2, 0.25) is 6.39 Å². The molecule has 9 nitrogen and oxygen atoms in total. The van der Waals surface area contributed by atoms with E-state index in [-0.39, 0.29) is 27.8 Å². The van der Waals surface area contributed by atoms with E-state index >= 15 is 0 Å². The van der Waals surface area contributed by atoms with Crippen molar-refractivity contribution in [3.8, 4) is 34.2 Å². The van der Waals surface area contributed by atoms with Crippen LogP contribution in [0.25, 0.3) is 28.4 Å². The molecular weight excluding hydrogens is 439 g/mol. The average Bonchev–Trinajstić information content (AvgIpc) is 3.41. The second kappa shape index (κ2) is 7.59. The van der Waals surface area contributed by atoms with Gasteiger partial charge in [-0.3, -0.25) is 4.40 Å². The van der Waals surface area contributed by atoms with Gasteiger partial charge in [0.05, 0.1) is 36.4 Å². The van der Waals surface area contributed by atoms with Crippen LogP contribution in [0, 0.1) is 5.82 Å². The maximum Gasteiger partial charge on any atom is 0.251 e. The summed E-state index contributed by atoms with van der Waals surface area (Å²) in [6, 6.07) is 4.41. The quantitative estimate of drug-likeness (QED) is 0.443. The van der Waals surface area contributed by atoms with Crippen LogP contribution in [-0.2, 0) is 9.84 Å². The Morgan fingerprint density at radius 1 is 1.12 bits per heavy atom. The van der Waals surface area contributed by atoms with Gasteiger partial charge in [0.25, 0.3) is 5.89 Å². The van der Waals surface area contributed by atoms with E-state index in [1.165, 1.54) is 38.7 Å². The number of aromatic nitrogens is 4. The van der Waals surface area contributed by atoms with Crippen LogP contribution in [0.1, 0.15) is 20.8 Å². The molecule has 3 aromatic heterocycles. The molecule has 4 aromatic rings. The lowest BCUT2D eigenvalue weighted by atomic mass is 10.1. The first-order chi connectivity index (χ1) is 15.1. The summed E-state index contributed by atoms with van der Waals surface area (Å²) >= 11 is 0. The summed E-state index contributed by atoms with van der Waals surface area (Å²) in [6.07, 6.45) is 4.08. The van der Waals surface area contributed by atoms with Crippen LogP contribution < -0.4 is 9.47 Å². The smallest absolute Gasteiger partial charge is 0.251 e. The average molecular weight is 460 g/mol. The van der Waals surface area contributed by atoms with Gasteiger partial charge < -0.3 is 13.9 Å². The van der Waals surface area contributed by atoms with Crippen molar-refractivity contribution < 1.29 is 26.7 Å². The Bertz CT molecular complexity index is 1410. The Balaban J connectivity index is 1.98. The Morgan fingerprint density at radius 2 is 1.88 bits per heavy atom. The van der Waals surface area contributed by atoms with Crippen LogP contribution in [-0.4, -0.2) is 47.0 Å². The number of fused-ring (bicyclic) bond motifs is 1. The lowest BCUT2D eigenvalue weighted by Crippen LogP contribution is -2.28. The Kier molecular flexibility index (Phi) is 5.16. The number of sulfone groups is 1. The summed E-state index contributed by atoms with van der Waals surface area (Å²) in [5.74, 6) is -0.445. The van der Waals surface area contributed by atoms with Crippen molar-refractivity contribution in [2.75, 3.05) is 14.2 Å². The number of halogens is 1. The minimum absolute atomic E-state index is 0.00496. The largest absolute Gasteiger partial charge is 0.495 e. The predicted octanol–water partition coefficient (Wildman–Crippen LogP) is 3.78. The van der Waals surface area contributed by atoms with E-state index in [1.54, 1.807) is 31.2 Å². The van der Waals surface area contributed by atoms with Crippen molar-refractivity contribution in [3.63, 3.8) is 0 Å². The molecule has 168 valence electrons. The van der Waals surface area contributed by atoms with Gasteiger partial charge in [-0.05, 0) is 32.9 Å². The number of benzene rings is 1. The summed E-state index contributed by atoms with van der Waals surface area (Å²) in [7, 11) is -1.02. The van der Waals surface area contributed by atoms with Gasteiger partial charge in [0.1, 0.15) is 16.3 Å². The van der Waals surface area contributed by atoms with Gasteiger partial charge in [-0.25, -0.2) is 17.8 Å². The maximum absolute atomic E-state index is 14.9. The highest BCUT2D eigenvalue weighted by atomic mass is 32.2. The minimum atomic E-state index is -3.75. The molecule has 0 atom stereocenters. The number of rotatable bonds is 5. The van der Waals surface area contributed by atoms with Crippen LogP contribution in [0.5, 0.6) is 11.5 Å². The molecule has 0 fully saturated rings. The Labute approximate surface area is 183 Å². The van der Waals surface area contributed by atoms with Crippen LogP contribution >= 0.6 is 0 Å². The van der Waals surface area contributed by atoms with E-state index in [1.807, 2.05) is 0 Å². The summed E-state index contributed by atoms with van der Waals surface area (Å²) in [5, 5.41) is 7.47. The lowest BCUT2D eigenvalue weighted by molar-refractivity contribution is 0.386. The number of hydrogen-bond acceptors (Lipinski definition) is 8. The molecule has 0 N–H and O–H groups in total. The highest BCUT2D eigenvalue weighted by Crippen LogP contribution is 2.38. The summed E-state index contributed by atoms with van der Waals surface area (Å²) < 4.78 is 57.5. The van der Waals surface area contributed by atoms with E-state index in [0.29, 0.717) is 16.9 Å². The Morgan fingerprint density at radius 3 is 2.47 bits per heavy atom. The third-order valence-electron chi connectivity index (χ3n) is 5.02. The molecule has 0 unspecified atom stereocenters. The van der Waals surface area contributed by atoms with Crippen molar-refractivity contribution in [2.24, 2.45) is 0 Å². The third kappa shape index (κ3) is 3.38. The molecule has 4 rings (SSSR count). The molecular formula is C21H21FN4O5S. The highest BCUT2D eigenvalue weighted by molar-refractivity contribution is 7.92. The topological polar surface area (TPSA) is 109 Å². The monoisotopic (exact) mass is 460 g/mol. The molecule has 0 saturated heterocycles. The molecule has 0 spiro atoms. The Hall–Kier alpha value is -3.47. The first-order valence-electron chi connectivity index (χ1n) is 9.52. The van der Waals surface area contributed by atoms with Gasteiger partial charge in [0.15, 0.2) is 21.4 Å². The van der Waals surface area contributed by atoms with Gasteiger partial charge >= 0.3 is 0 Å². The maximum atomic E-state index is 14.9. The predicted molar refractivity (Wildman–Crippen MR) is 114 cm³/mol. The van der Waals surface area contributed by atoms with E-state index < -0.39 is 20.4 Å². The minimum Gasteiger partial charge on any atom is -0.495 e. The molecule has 1 aromatic carbocycles. The second-order valence-corrected chi connectivity index (χ2v) is 10.6. The number of hydrogen-bond donors (Lipinski definition) is 0. The SMILES string of the molecule is COc1cc2ncc(-c3cc(F)c(OC)c(-c4nnco4)c3)n2cc1S(=O)(=O)C(C)(C)C. The zero-order valence-electron chi connectivity index (χ0n) is 18.1. The zero-order valence-corrected chi connectivity index (χ0v) is 18.9. The lowest BCUT2D eigenvalue weighted by Gasteiger charge is -2.21. The summed E-state index contributed by atoms with van der Waals surface area (Å²) in [5.41, 5.74) is 1.55. The second-order valence-electron chi connectivity index (χ2n) is 7.98. The van der Waals surface area contributed by atoms with Crippen molar-refractivity contribution in [1.29, 1.82) is 0 Å². The van der Waals surface area contributed by atoms with E-state index in [4.69, 9.17) is 13.9 Å². The summed E-state index contributed by atoms with van der Waals surface area (Å²) in [4.78, 5) is 4.34. The fourth-order valence-electron chi connectivity index (χ4n) is 3.29. The fraction of sp³-hybridized carbons (Fsp3) is 0.286. The molecule has 0 bridgehead atoms. The van der Waals surface area contributed by atoms with E-state index in [9.17, 15) is 12.8 Å². The van der Waals surface area contributed by atoms with Gasteiger partial charge in [-0.2, -0.15) is 0 Å². The number of ether oxygens (including phenoxy) is 2. The number of pyridine rings is 1. The first-order valence-corrected chi connectivity index (χ1v) is 11.0. The highest BCUT2D eigenvalue weighted by Gasteiger charge is 2.34. The van der Waals surface area contributed by atoms with Crippen LogP contribution in [0.4, 0.5) is 4.39 Å². The molecule has 0 radical (unpaired) electrons. The van der Waals surface area contributed by atoms with Crippen LogP contribution in [0.15, 0.2) is 46.3 Å². The van der Waals surface area contributed by atoms with Gasteiger partial charge in [-0.15, -0.1) is 10.2 Å². The standard InChI is InChI=1S/C21H21FN4O5S/c1-21(2,3)32(27,28)17-10-26-15(9-23-18(26)8-16(17)29-4)12-6-13(20-25-24-11-31-20)19(30-5)14(22)7-12/h6-11H,1-5H3. The fourth-order valence-corrected chi connectivity index (χ4v) is 4.60. The molecule has 32 heavy (non-hydrogen) atoms. The molecule has 3 heterocycles. The summed E-state index contributed by atoms with van der Waals surface area (Å²) in [6.45, 7) is 4.82. The van der Waals surface area contributed by atoms with E-state index in [0.717, 1.165) is 6.39 Å². The molecule has 11 heteroatoms. The van der Waals surface area contributed by atoms with Crippen molar-refractivity contribution >= 4 is 15.5 Å². The van der Waals surface area contributed by atoms with E-state index in [2.05, 4.69) is 15.2 Å². The van der Waals surface area contributed by atoms with Gasteiger partial charge in [-0.1, -0.05) is 0 Å². The first kappa shape index (κ1) is 21.8. The molecule has 0 aliphatic heterocycles. The normalized spacial score (nSPS) is 12.3. The van der Waals surface area contributed by atoms with Crippen LogP contribution in [0.2, 0.25) is 0 Å². The molecule has 0 amide bonds.